The van der Waals surface area contributed by atoms with Gasteiger partial charge in [0.1, 0.15) is 16.2 Å². The minimum Gasteiger partial charge on any atom is -0.329 e. The van der Waals surface area contributed by atoms with Crippen LogP contribution in [-0.2, 0) is 5.41 Å². The van der Waals surface area contributed by atoms with Gasteiger partial charge in [-0.3, -0.25) is 0 Å². The first kappa shape index (κ1) is 15.0. The van der Waals surface area contributed by atoms with Crippen molar-refractivity contribution in [1.82, 2.24) is 9.97 Å². The Kier molecular flexibility index (Phi) is 4.14. The SMILES string of the molecule is Cc1ccc(N(C)c2cc(Br)nc(C(C)(C)C)n2)cc1. The number of anilines is 2. The van der Waals surface area contributed by atoms with Gasteiger partial charge in [-0.2, -0.15) is 0 Å². The Morgan fingerprint density at radius 3 is 2.20 bits per heavy atom. The molecule has 0 aliphatic heterocycles. The number of aromatic nitrogens is 2. The summed E-state index contributed by atoms with van der Waals surface area (Å²) in [4.78, 5) is 11.2. The molecule has 106 valence electrons. The van der Waals surface area contributed by atoms with E-state index in [4.69, 9.17) is 0 Å². The molecule has 0 spiro atoms. The molecule has 1 aromatic carbocycles. The van der Waals surface area contributed by atoms with Crippen molar-refractivity contribution in [2.24, 2.45) is 0 Å². The zero-order valence-electron chi connectivity index (χ0n) is 12.6. The molecule has 0 unspecified atom stereocenters. The number of hydrogen-bond donors (Lipinski definition) is 0. The standard InChI is InChI=1S/C16H20BrN3/c1-11-6-8-12(9-7-11)20(5)14-10-13(17)18-15(19-14)16(2,3)4/h6-10H,1-5H3. The van der Waals surface area contributed by atoms with Gasteiger partial charge < -0.3 is 4.90 Å². The summed E-state index contributed by atoms with van der Waals surface area (Å²) in [5.41, 5.74) is 2.29. The van der Waals surface area contributed by atoms with Crippen LogP contribution in [0.5, 0.6) is 0 Å². The molecule has 0 atom stereocenters. The molecule has 20 heavy (non-hydrogen) atoms. The van der Waals surface area contributed by atoms with Crippen LogP contribution in [0.3, 0.4) is 0 Å². The lowest BCUT2D eigenvalue weighted by atomic mass is 9.96. The van der Waals surface area contributed by atoms with Crippen LogP contribution in [0, 0.1) is 6.92 Å². The summed E-state index contributed by atoms with van der Waals surface area (Å²) in [6.07, 6.45) is 0. The van der Waals surface area contributed by atoms with E-state index in [2.05, 4.69) is 82.8 Å². The van der Waals surface area contributed by atoms with Gasteiger partial charge in [0.15, 0.2) is 0 Å². The van der Waals surface area contributed by atoms with Crippen molar-refractivity contribution < 1.29 is 0 Å². The predicted octanol–water partition coefficient (Wildman–Crippen LogP) is 4.61. The monoisotopic (exact) mass is 333 g/mol. The zero-order chi connectivity index (χ0) is 14.9. The third-order valence-corrected chi connectivity index (χ3v) is 3.52. The summed E-state index contributed by atoms with van der Waals surface area (Å²) in [7, 11) is 2.02. The Labute approximate surface area is 129 Å². The van der Waals surface area contributed by atoms with Crippen molar-refractivity contribution in [1.29, 1.82) is 0 Å². The lowest BCUT2D eigenvalue weighted by Crippen LogP contribution is -2.19. The first-order valence-corrected chi connectivity index (χ1v) is 7.42. The molecule has 1 aromatic heterocycles. The maximum atomic E-state index is 4.69. The van der Waals surface area contributed by atoms with Crippen molar-refractivity contribution >= 4 is 27.4 Å². The second kappa shape index (κ2) is 5.52. The van der Waals surface area contributed by atoms with E-state index in [0.29, 0.717) is 0 Å². The third-order valence-electron chi connectivity index (χ3n) is 3.12. The highest BCUT2D eigenvalue weighted by Crippen LogP contribution is 2.27. The largest absolute Gasteiger partial charge is 0.329 e. The van der Waals surface area contributed by atoms with Crippen molar-refractivity contribution in [3.63, 3.8) is 0 Å². The molecule has 0 N–H and O–H groups in total. The second-order valence-electron chi connectivity index (χ2n) is 6.02. The topological polar surface area (TPSA) is 29.0 Å². The number of rotatable bonds is 2. The molecule has 0 fully saturated rings. The van der Waals surface area contributed by atoms with Gasteiger partial charge in [-0.25, -0.2) is 9.97 Å². The highest BCUT2D eigenvalue weighted by molar-refractivity contribution is 9.10. The zero-order valence-corrected chi connectivity index (χ0v) is 14.2. The van der Waals surface area contributed by atoms with E-state index in [-0.39, 0.29) is 5.41 Å². The summed E-state index contributed by atoms with van der Waals surface area (Å²) in [6.45, 7) is 8.43. The Balaban J connectivity index is 2.42. The van der Waals surface area contributed by atoms with Crippen LogP contribution in [0.4, 0.5) is 11.5 Å². The fourth-order valence-corrected chi connectivity index (χ4v) is 2.19. The quantitative estimate of drug-likeness (QED) is 0.751. The van der Waals surface area contributed by atoms with E-state index >= 15 is 0 Å². The fourth-order valence-electron chi connectivity index (χ4n) is 1.81. The maximum absolute atomic E-state index is 4.69. The summed E-state index contributed by atoms with van der Waals surface area (Å²) in [5.74, 6) is 1.72. The molecule has 2 aromatic rings. The molecular formula is C16H20BrN3. The number of nitrogens with zero attached hydrogens (tertiary/aromatic N) is 3. The third kappa shape index (κ3) is 3.37. The van der Waals surface area contributed by atoms with Crippen LogP contribution in [0.25, 0.3) is 0 Å². The molecule has 0 bridgehead atoms. The van der Waals surface area contributed by atoms with Gasteiger partial charge >= 0.3 is 0 Å². The van der Waals surface area contributed by atoms with Crippen LogP contribution in [-0.4, -0.2) is 17.0 Å². The Morgan fingerprint density at radius 1 is 1.05 bits per heavy atom. The van der Waals surface area contributed by atoms with Crippen LogP contribution < -0.4 is 4.90 Å². The maximum Gasteiger partial charge on any atom is 0.137 e. The predicted molar refractivity (Wildman–Crippen MR) is 87.7 cm³/mol. The van der Waals surface area contributed by atoms with E-state index < -0.39 is 0 Å². The molecule has 0 aliphatic carbocycles. The van der Waals surface area contributed by atoms with Gasteiger partial charge in [0, 0.05) is 24.2 Å². The summed E-state index contributed by atoms with van der Waals surface area (Å²) >= 11 is 3.48. The van der Waals surface area contributed by atoms with Crippen LogP contribution >= 0.6 is 15.9 Å². The van der Waals surface area contributed by atoms with E-state index in [1.807, 2.05) is 13.1 Å². The molecule has 0 aliphatic rings. The number of aryl methyl sites for hydroxylation is 1. The van der Waals surface area contributed by atoms with Gasteiger partial charge in [-0.05, 0) is 35.0 Å². The molecule has 0 radical (unpaired) electrons. The van der Waals surface area contributed by atoms with Crippen LogP contribution in [0.2, 0.25) is 0 Å². The lowest BCUT2D eigenvalue weighted by molar-refractivity contribution is 0.543. The normalized spacial score (nSPS) is 11.5. The number of hydrogen-bond acceptors (Lipinski definition) is 3. The van der Waals surface area contributed by atoms with Crippen molar-refractivity contribution in [2.45, 2.75) is 33.1 Å². The Bertz CT molecular complexity index is 600. The summed E-state index contributed by atoms with van der Waals surface area (Å²) in [5, 5.41) is 0. The molecule has 0 saturated carbocycles. The first-order chi connectivity index (χ1) is 9.27. The average Bonchev–Trinajstić information content (AvgIpc) is 2.37. The molecule has 3 nitrogen and oxygen atoms in total. The highest BCUT2D eigenvalue weighted by atomic mass is 79.9. The van der Waals surface area contributed by atoms with Crippen molar-refractivity contribution in [3.8, 4) is 0 Å². The summed E-state index contributed by atoms with van der Waals surface area (Å²) < 4.78 is 0.811. The highest BCUT2D eigenvalue weighted by Gasteiger charge is 2.20. The van der Waals surface area contributed by atoms with Gasteiger partial charge in [0.25, 0.3) is 0 Å². The van der Waals surface area contributed by atoms with E-state index in [9.17, 15) is 0 Å². The lowest BCUT2D eigenvalue weighted by Gasteiger charge is -2.22. The van der Waals surface area contributed by atoms with Crippen molar-refractivity contribution in [3.05, 3.63) is 46.3 Å². The summed E-state index contributed by atoms with van der Waals surface area (Å²) in [6, 6.07) is 10.3. The van der Waals surface area contributed by atoms with E-state index in [0.717, 1.165) is 21.9 Å². The van der Waals surface area contributed by atoms with Gasteiger partial charge in [-0.15, -0.1) is 0 Å². The second-order valence-corrected chi connectivity index (χ2v) is 6.83. The molecule has 2 rings (SSSR count). The van der Waals surface area contributed by atoms with Crippen LogP contribution in [0.15, 0.2) is 34.9 Å². The van der Waals surface area contributed by atoms with E-state index in [1.54, 1.807) is 0 Å². The minimum absolute atomic E-state index is 0.0767. The Hall–Kier alpha value is -1.42. The fraction of sp³-hybridized carbons (Fsp3) is 0.375. The van der Waals surface area contributed by atoms with Crippen LogP contribution in [0.1, 0.15) is 32.2 Å². The average molecular weight is 334 g/mol. The van der Waals surface area contributed by atoms with Gasteiger partial charge in [0.2, 0.25) is 0 Å². The molecule has 1 heterocycles. The minimum atomic E-state index is -0.0767. The van der Waals surface area contributed by atoms with E-state index in [1.165, 1.54) is 5.56 Å². The number of halogens is 1. The molecule has 0 amide bonds. The van der Waals surface area contributed by atoms with Gasteiger partial charge in [-0.1, -0.05) is 38.5 Å². The first-order valence-electron chi connectivity index (χ1n) is 6.63. The molecular weight excluding hydrogens is 314 g/mol. The Morgan fingerprint density at radius 2 is 1.65 bits per heavy atom. The van der Waals surface area contributed by atoms with Crippen molar-refractivity contribution in [2.75, 3.05) is 11.9 Å². The number of benzene rings is 1. The molecule has 0 saturated heterocycles. The van der Waals surface area contributed by atoms with Gasteiger partial charge in [0.05, 0.1) is 0 Å². The smallest absolute Gasteiger partial charge is 0.137 e. The molecule has 4 heteroatoms.